The number of aliphatic carboxylic acids is 1. The van der Waals surface area contributed by atoms with Gasteiger partial charge in [-0.15, -0.1) is 0 Å². The molecule has 0 saturated carbocycles. The van der Waals surface area contributed by atoms with Crippen molar-refractivity contribution in [2.45, 2.75) is 30.7 Å². The van der Waals surface area contributed by atoms with Crippen LogP contribution in [0.15, 0.2) is 30.3 Å². The fourth-order valence-corrected chi connectivity index (χ4v) is 2.69. The van der Waals surface area contributed by atoms with Gasteiger partial charge in [0.25, 0.3) is 0 Å². The van der Waals surface area contributed by atoms with E-state index in [1.54, 1.807) is 37.3 Å². The summed E-state index contributed by atoms with van der Waals surface area (Å²) in [6, 6.07) is 8.43. The number of benzene rings is 1. The minimum atomic E-state index is -4.32. The van der Waals surface area contributed by atoms with E-state index in [0.29, 0.717) is 5.56 Å². The summed E-state index contributed by atoms with van der Waals surface area (Å²) in [5.41, 5.74) is -5.03. The first-order chi connectivity index (χ1) is 8.82. The van der Waals surface area contributed by atoms with Gasteiger partial charge in [-0.3, -0.25) is 4.79 Å². The summed E-state index contributed by atoms with van der Waals surface area (Å²) < 4.78 is 36.5. The number of carboxylic acids is 1. The van der Waals surface area contributed by atoms with Gasteiger partial charge in [0.2, 0.25) is 0 Å². The summed E-state index contributed by atoms with van der Waals surface area (Å²) in [5, 5.41) is 9.42. The Morgan fingerprint density at radius 2 is 1.84 bits per heavy atom. The van der Waals surface area contributed by atoms with Crippen LogP contribution >= 0.6 is 11.8 Å². The average Bonchev–Trinajstić information content (AvgIpc) is 2.34. The number of halogens is 3. The highest BCUT2D eigenvalue weighted by Crippen LogP contribution is 2.37. The van der Waals surface area contributed by atoms with Crippen LogP contribution in [0, 0.1) is 0 Å². The maximum atomic E-state index is 12.2. The second kappa shape index (κ2) is 6.32. The Balaban J connectivity index is 2.92. The van der Waals surface area contributed by atoms with E-state index < -0.39 is 16.9 Å². The van der Waals surface area contributed by atoms with Gasteiger partial charge in [-0.25, -0.2) is 0 Å². The standard InChI is InChI=1S/C13H15F3O2S/c1-2-12(11(17)18,8-9-19-13(14,15)16)10-6-4-3-5-7-10/h3-7H,2,8-9H2,1H3,(H,17,18). The molecule has 6 heteroatoms. The van der Waals surface area contributed by atoms with E-state index >= 15 is 0 Å². The largest absolute Gasteiger partial charge is 0.481 e. The number of hydrogen-bond acceptors (Lipinski definition) is 2. The predicted octanol–water partition coefficient (Wildman–Crippen LogP) is 4.06. The maximum absolute atomic E-state index is 12.2. The molecule has 0 amide bonds. The molecular formula is C13H15F3O2S. The van der Waals surface area contributed by atoms with E-state index in [9.17, 15) is 23.1 Å². The Morgan fingerprint density at radius 3 is 2.26 bits per heavy atom. The monoisotopic (exact) mass is 292 g/mol. The summed E-state index contributed by atoms with van der Waals surface area (Å²) in [5.74, 6) is -1.34. The lowest BCUT2D eigenvalue weighted by Gasteiger charge is -2.28. The summed E-state index contributed by atoms with van der Waals surface area (Å²) in [6.45, 7) is 1.68. The highest BCUT2D eigenvalue weighted by atomic mass is 32.2. The second-order valence-electron chi connectivity index (χ2n) is 4.15. The Morgan fingerprint density at radius 1 is 1.26 bits per heavy atom. The van der Waals surface area contributed by atoms with Crippen molar-refractivity contribution in [2.24, 2.45) is 0 Å². The smallest absolute Gasteiger partial charge is 0.441 e. The highest BCUT2D eigenvalue weighted by Gasteiger charge is 2.39. The molecule has 1 rings (SSSR count). The van der Waals surface area contributed by atoms with Crippen LogP contribution in [-0.4, -0.2) is 22.3 Å². The third-order valence-corrected chi connectivity index (χ3v) is 3.87. The molecule has 1 unspecified atom stereocenters. The molecule has 0 aliphatic carbocycles. The van der Waals surface area contributed by atoms with Gasteiger partial charge in [0, 0.05) is 5.75 Å². The molecule has 0 aliphatic rings. The molecule has 2 nitrogen and oxygen atoms in total. The van der Waals surface area contributed by atoms with E-state index in [1.165, 1.54) is 0 Å². The zero-order chi connectivity index (χ0) is 14.5. The molecule has 0 heterocycles. The van der Waals surface area contributed by atoms with Crippen LogP contribution < -0.4 is 0 Å². The molecular weight excluding hydrogens is 277 g/mol. The molecule has 0 saturated heterocycles. The zero-order valence-corrected chi connectivity index (χ0v) is 11.2. The Labute approximate surface area is 114 Å². The number of alkyl halides is 3. The van der Waals surface area contributed by atoms with Crippen LogP contribution in [0.4, 0.5) is 13.2 Å². The third-order valence-electron chi connectivity index (χ3n) is 3.13. The van der Waals surface area contributed by atoms with Crippen LogP contribution in [0.25, 0.3) is 0 Å². The van der Waals surface area contributed by atoms with Crippen molar-refractivity contribution >= 4 is 17.7 Å². The molecule has 0 radical (unpaired) electrons. The number of rotatable bonds is 6. The SMILES string of the molecule is CCC(CCSC(F)(F)F)(C(=O)O)c1ccccc1. The Bertz CT molecular complexity index is 420. The van der Waals surface area contributed by atoms with Gasteiger partial charge in [-0.2, -0.15) is 13.2 Å². The molecule has 0 spiro atoms. The number of hydrogen-bond donors (Lipinski definition) is 1. The molecule has 1 aromatic rings. The third kappa shape index (κ3) is 4.16. The summed E-state index contributed by atoms with van der Waals surface area (Å²) in [6.07, 6.45) is 0.206. The average molecular weight is 292 g/mol. The summed E-state index contributed by atoms with van der Waals surface area (Å²) >= 11 is -0.175. The van der Waals surface area contributed by atoms with E-state index in [-0.39, 0.29) is 30.4 Å². The van der Waals surface area contributed by atoms with Gasteiger partial charge < -0.3 is 5.11 Å². The molecule has 1 aromatic carbocycles. The normalized spacial score (nSPS) is 14.9. The molecule has 0 bridgehead atoms. The lowest BCUT2D eigenvalue weighted by molar-refractivity contribution is -0.144. The first-order valence-corrected chi connectivity index (χ1v) is 6.80. The predicted molar refractivity (Wildman–Crippen MR) is 69.2 cm³/mol. The molecule has 0 aliphatic heterocycles. The van der Waals surface area contributed by atoms with E-state index in [1.807, 2.05) is 0 Å². The molecule has 0 fully saturated rings. The zero-order valence-electron chi connectivity index (χ0n) is 10.4. The molecule has 19 heavy (non-hydrogen) atoms. The van der Waals surface area contributed by atoms with Crippen LogP contribution in [-0.2, 0) is 10.2 Å². The van der Waals surface area contributed by atoms with Crippen LogP contribution in [0.5, 0.6) is 0 Å². The van der Waals surface area contributed by atoms with Crippen LogP contribution in [0.1, 0.15) is 25.3 Å². The van der Waals surface area contributed by atoms with Crippen molar-refractivity contribution < 1.29 is 23.1 Å². The first-order valence-electron chi connectivity index (χ1n) is 5.81. The molecule has 0 aromatic heterocycles. The summed E-state index contributed by atoms with van der Waals surface area (Å²) in [4.78, 5) is 11.5. The lowest BCUT2D eigenvalue weighted by Crippen LogP contribution is -2.36. The van der Waals surface area contributed by atoms with Crippen molar-refractivity contribution in [3.05, 3.63) is 35.9 Å². The van der Waals surface area contributed by atoms with Crippen molar-refractivity contribution in [3.63, 3.8) is 0 Å². The molecule has 1 atom stereocenters. The quantitative estimate of drug-likeness (QED) is 0.859. The molecule has 1 N–H and O–H groups in total. The fraction of sp³-hybridized carbons (Fsp3) is 0.462. The van der Waals surface area contributed by atoms with Gasteiger partial charge in [0.15, 0.2) is 0 Å². The summed E-state index contributed by atoms with van der Waals surface area (Å²) in [7, 11) is 0. The van der Waals surface area contributed by atoms with Gasteiger partial charge in [-0.1, -0.05) is 49.0 Å². The fourth-order valence-electron chi connectivity index (χ4n) is 2.01. The molecule has 106 valence electrons. The highest BCUT2D eigenvalue weighted by molar-refractivity contribution is 8.00. The number of carbonyl (C=O) groups is 1. The Kier molecular flexibility index (Phi) is 5.29. The van der Waals surface area contributed by atoms with Crippen LogP contribution in [0.2, 0.25) is 0 Å². The second-order valence-corrected chi connectivity index (χ2v) is 5.31. The van der Waals surface area contributed by atoms with Gasteiger partial charge in [-0.05, 0) is 18.4 Å². The minimum absolute atomic E-state index is 0.0486. The van der Waals surface area contributed by atoms with E-state index in [4.69, 9.17) is 0 Å². The Hall–Kier alpha value is -1.17. The van der Waals surface area contributed by atoms with E-state index in [2.05, 4.69) is 0 Å². The van der Waals surface area contributed by atoms with Gasteiger partial charge >= 0.3 is 11.5 Å². The van der Waals surface area contributed by atoms with Crippen molar-refractivity contribution in [2.75, 3.05) is 5.75 Å². The van der Waals surface area contributed by atoms with E-state index in [0.717, 1.165) is 0 Å². The minimum Gasteiger partial charge on any atom is -0.481 e. The number of thioether (sulfide) groups is 1. The lowest BCUT2D eigenvalue weighted by atomic mass is 9.76. The number of carboxylic acid groups (broad SMARTS) is 1. The van der Waals surface area contributed by atoms with Crippen LogP contribution in [0.3, 0.4) is 0 Å². The first kappa shape index (κ1) is 15.9. The van der Waals surface area contributed by atoms with Crippen molar-refractivity contribution in [1.29, 1.82) is 0 Å². The topological polar surface area (TPSA) is 37.3 Å². The van der Waals surface area contributed by atoms with Crippen molar-refractivity contribution in [1.82, 2.24) is 0 Å². The van der Waals surface area contributed by atoms with Gasteiger partial charge in [0.05, 0.1) is 5.41 Å². The van der Waals surface area contributed by atoms with Gasteiger partial charge in [0.1, 0.15) is 0 Å². The van der Waals surface area contributed by atoms with Crippen molar-refractivity contribution in [3.8, 4) is 0 Å². The maximum Gasteiger partial charge on any atom is 0.441 e.